The van der Waals surface area contributed by atoms with Crippen LogP contribution in [-0.4, -0.2) is 23.1 Å². The number of nitrogens with one attached hydrogen (secondary N) is 1. The third-order valence-electron chi connectivity index (χ3n) is 4.81. The number of ether oxygens (including phenoxy) is 2. The zero-order chi connectivity index (χ0) is 24.9. The van der Waals surface area contributed by atoms with Crippen molar-refractivity contribution in [2.24, 2.45) is 4.99 Å². The average molecular weight is 530 g/mol. The molecule has 1 saturated heterocycles. The molecular weight excluding hydrogens is 513 g/mol. The number of carbonyl (C=O) groups is 1. The number of halogens is 2. The zero-order valence-electron chi connectivity index (χ0n) is 18.2. The Kier molecular flexibility index (Phi) is 7.60. The minimum Gasteiger partial charge on any atom is -0.493 e. The summed E-state index contributed by atoms with van der Waals surface area (Å²) >= 11 is 13.4. The molecule has 0 radical (unpaired) electrons. The van der Waals surface area contributed by atoms with Gasteiger partial charge in [-0.25, -0.2) is 4.99 Å². The van der Waals surface area contributed by atoms with Crippen LogP contribution < -0.4 is 14.8 Å². The molecule has 35 heavy (non-hydrogen) atoms. The maximum atomic E-state index is 12.4. The molecular formula is C24H17Cl2N3O5S. The molecule has 1 fully saturated rings. The summed E-state index contributed by atoms with van der Waals surface area (Å²) in [5.41, 5.74) is 1.81. The molecule has 0 unspecified atom stereocenters. The van der Waals surface area contributed by atoms with Crippen LogP contribution in [0.2, 0.25) is 10.0 Å². The fourth-order valence-electron chi connectivity index (χ4n) is 3.13. The van der Waals surface area contributed by atoms with Crippen molar-refractivity contribution in [1.29, 1.82) is 0 Å². The Labute approximate surface area is 214 Å². The van der Waals surface area contributed by atoms with E-state index in [2.05, 4.69) is 10.3 Å². The van der Waals surface area contributed by atoms with Crippen LogP contribution in [0, 0.1) is 10.1 Å². The minimum absolute atomic E-state index is 0.00656. The number of rotatable bonds is 7. The van der Waals surface area contributed by atoms with E-state index in [0.29, 0.717) is 48.4 Å². The molecule has 1 aliphatic rings. The smallest absolute Gasteiger partial charge is 0.269 e. The lowest BCUT2D eigenvalue weighted by molar-refractivity contribution is -0.384. The van der Waals surface area contributed by atoms with E-state index in [4.69, 9.17) is 32.7 Å². The van der Waals surface area contributed by atoms with Gasteiger partial charge in [0.2, 0.25) is 0 Å². The first-order chi connectivity index (χ1) is 16.8. The van der Waals surface area contributed by atoms with Crippen molar-refractivity contribution >= 4 is 63.5 Å². The minimum atomic E-state index is -0.455. The number of nitro benzene ring substituents is 1. The van der Waals surface area contributed by atoms with Crippen LogP contribution in [-0.2, 0) is 11.4 Å². The number of hydrogen-bond donors (Lipinski definition) is 1. The van der Waals surface area contributed by atoms with Crippen molar-refractivity contribution < 1.29 is 19.2 Å². The highest BCUT2D eigenvalue weighted by atomic mass is 35.5. The SMILES string of the molecule is COc1cc(/C=C2/SC(=Nc3cccc(Cl)c3Cl)NC2=O)ccc1OCc1cccc([N+](=O)[O-])c1. The Morgan fingerprint density at radius 3 is 2.69 bits per heavy atom. The number of thioether (sulfide) groups is 1. The van der Waals surface area contributed by atoms with E-state index in [1.54, 1.807) is 54.6 Å². The number of amides is 1. The van der Waals surface area contributed by atoms with Gasteiger partial charge >= 0.3 is 0 Å². The second-order valence-corrected chi connectivity index (χ2v) is 9.00. The summed E-state index contributed by atoms with van der Waals surface area (Å²) in [6, 6.07) is 16.5. The highest BCUT2D eigenvalue weighted by molar-refractivity contribution is 8.18. The number of methoxy groups -OCH3 is 1. The lowest BCUT2D eigenvalue weighted by atomic mass is 10.1. The van der Waals surface area contributed by atoms with E-state index >= 15 is 0 Å². The number of nitrogens with zero attached hydrogens (tertiary/aromatic N) is 2. The maximum Gasteiger partial charge on any atom is 0.269 e. The summed E-state index contributed by atoms with van der Waals surface area (Å²) in [6.07, 6.45) is 1.70. The third-order valence-corrected chi connectivity index (χ3v) is 6.52. The molecule has 0 bridgehead atoms. The molecule has 8 nitrogen and oxygen atoms in total. The molecule has 0 aliphatic carbocycles. The van der Waals surface area contributed by atoms with Crippen molar-refractivity contribution in [2.45, 2.75) is 6.61 Å². The fraction of sp³-hybridized carbons (Fsp3) is 0.0833. The number of carbonyl (C=O) groups excluding carboxylic acids is 1. The number of hydrogen-bond acceptors (Lipinski definition) is 7. The van der Waals surface area contributed by atoms with Gasteiger partial charge in [0.1, 0.15) is 6.61 Å². The molecule has 0 spiro atoms. The second-order valence-electron chi connectivity index (χ2n) is 7.18. The topological polar surface area (TPSA) is 103 Å². The van der Waals surface area contributed by atoms with E-state index in [1.807, 2.05) is 0 Å². The summed E-state index contributed by atoms with van der Waals surface area (Å²) in [7, 11) is 1.50. The molecule has 1 N–H and O–H groups in total. The molecule has 0 saturated carbocycles. The third kappa shape index (κ3) is 5.94. The van der Waals surface area contributed by atoms with Crippen molar-refractivity contribution in [1.82, 2.24) is 5.32 Å². The number of nitro groups is 1. The lowest BCUT2D eigenvalue weighted by Crippen LogP contribution is -2.19. The summed E-state index contributed by atoms with van der Waals surface area (Å²) in [4.78, 5) is 27.8. The number of aliphatic imine (C=N–C) groups is 1. The molecule has 1 heterocycles. The van der Waals surface area contributed by atoms with E-state index in [-0.39, 0.29) is 18.2 Å². The summed E-state index contributed by atoms with van der Waals surface area (Å²) in [5, 5.41) is 14.7. The summed E-state index contributed by atoms with van der Waals surface area (Å²) < 4.78 is 11.2. The molecule has 11 heteroatoms. The molecule has 3 aromatic rings. The van der Waals surface area contributed by atoms with Crippen LogP contribution in [0.5, 0.6) is 11.5 Å². The number of amidine groups is 1. The first-order valence-corrected chi connectivity index (χ1v) is 11.7. The van der Waals surface area contributed by atoms with Gasteiger partial charge in [-0.3, -0.25) is 14.9 Å². The second kappa shape index (κ2) is 10.8. The maximum absolute atomic E-state index is 12.4. The van der Waals surface area contributed by atoms with Crippen molar-refractivity contribution in [2.75, 3.05) is 7.11 Å². The fourth-order valence-corrected chi connectivity index (χ4v) is 4.31. The summed E-state index contributed by atoms with van der Waals surface area (Å²) in [6.45, 7) is 0.128. The van der Waals surface area contributed by atoms with E-state index in [9.17, 15) is 14.9 Å². The van der Waals surface area contributed by atoms with Crippen LogP contribution in [0.1, 0.15) is 11.1 Å². The van der Waals surface area contributed by atoms with Crippen molar-refractivity contribution in [3.05, 3.63) is 96.9 Å². The van der Waals surface area contributed by atoms with E-state index in [1.165, 1.54) is 31.0 Å². The molecule has 1 aliphatic heterocycles. The molecule has 0 aromatic heterocycles. The van der Waals surface area contributed by atoms with E-state index in [0.717, 1.165) is 0 Å². The largest absolute Gasteiger partial charge is 0.493 e. The lowest BCUT2D eigenvalue weighted by Gasteiger charge is -2.11. The van der Waals surface area contributed by atoms with Crippen LogP contribution in [0.4, 0.5) is 11.4 Å². The van der Waals surface area contributed by atoms with Crippen molar-refractivity contribution in [3.63, 3.8) is 0 Å². The van der Waals surface area contributed by atoms with Crippen molar-refractivity contribution in [3.8, 4) is 11.5 Å². The molecule has 1 amide bonds. The highest BCUT2D eigenvalue weighted by Crippen LogP contribution is 2.35. The zero-order valence-corrected chi connectivity index (χ0v) is 20.5. The Morgan fingerprint density at radius 1 is 1.11 bits per heavy atom. The average Bonchev–Trinajstić information content (AvgIpc) is 3.19. The molecule has 178 valence electrons. The van der Waals surface area contributed by atoms with Crippen LogP contribution in [0.15, 0.2) is 70.6 Å². The molecule has 4 rings (SSSR count). The van der Waals surface area contributed by atoms with Gasteiger partial charge in [0.25, 0.3) is 11.6 Å². The van der Waals surface area contributed by atoms with E-state index < -0.39 is 4.92 Å². The van der Waals surface area contributed by atoms with Gasteiger partial charge in [0.15, 0.2) is 16.7 Å². The van der Waals surface area contributed by atoms with Gasteiger partial charge < -0.3 is 14.8 Å². The Bertz CT molecular complexity index is 1380. The van der Waals surface area contributed by atoms with Crippen LogP contribution in [0.3, 0.4) is 0 Å². The number of non-ortho nitro benzene ring substituents is 1. The predicted octanol–water partition coefficient (Wildman–Crippen LogP) is 6.38. The quantitative estimate of drug-likeness (QED) is 0.216. The Morgan fingerprint density at radius 2 is 1.91 bits per heavy atom. The van der Waals surface area contributed by atoms with Gasteiger partial charge in [0, 0.05) is 12.1 Å². The normalized spacial score (nSPS) is 15.3. The van der Waals surface area contributed by atoms with Gasteiger partial charge in [-0.1, -0.05) is 47.5 Å². The first-order valence-electron chi connectivity index (χ1n) is 10.1. The predicted molar refractivity (Wildman–Crippen MR) is 138 cm³/mol. The van der Waals surface area contributed by atoms with Crippen LogP contribution >= 0.6 is 35.0 Å². The molecule has 3 aromatic carbocycles. The van der Waals surface area contributed by atoms with Crippen LogP contribution in [0.25, 0.3) is 6.08 Å². The number of benzene rings is 3. The van der Waals surface area contributed by atoms with Gasteiger partial charge in [-0.2, -0.15) is 0 Å². The molecule has 0 atom stereocenters. The van der Waals surface area contributed by atoms with Gasteiger partial charge in [-0.05, 0) is 53.2 Å². The standard InChI is InChI=1S/C24H17Cl2N3O5S/c1-33-20-11-14(8-9-19(20)34-13-15-4-2-5-16(10-15)29(31)32)12-21-23(30)28-24(35-21)27-18-7-3-6-17(25)22(18)26/h2-12H,13H2,1H3,(H,27,28,30)/b21-12+. The highest BCUT2D eigenvalue weighted by Gasteiger charge is 2.24. The first kappa shape index (κ1) is 24.6. The monoisotopic (exact) mass is 529 g/mol. The Hall–Kier alpha value is -3.53. The van der Waals surface area contributed by atoms with Gasteiger partial charge in [-0.15, -0.1) is 0 Å². The van der Waals surface area contributed by atoms with Gasteiger partial charge in [0.05, 0.1) is 32.7 Å². The summed E-state index contributed by atoms with van der Waals surface area (Å²) in [5.74, 6) is 0.618. The Balaban J connectivity index is 1.50.